The predicted octanol–water partition coefficient (Wildman–Crippen LogP) is 9.76. The van der Waals surface area contributed by atoms with Gasteiger partial charge in [0.1, 0.15) is 6.61 Å². The predicted molar refractivity (Wildman–Crippen MR) is 223 cm³/mol. The first-order valence-electron chi connectivity index (χ1n) is 22.7. The maximum Gasteiger partial charge on any atom is 0.305 e. The van der Waals surface area contributed by atoms with Gasteiger partial charge < -0.3 is 19.5 Å². The van der Waals surface area contributed by atoms with Crippen LogP contribution < -0.4 is 0 Å². The highest BCUT2D eigenvalue weighted by atomic mass is 16.5. The molecule has 1 rings (SSSR count). The number of amides is 1. The molecule has 1 aliphatic heterocycles. The average Bonchev–Trinajstić information content (AvgIpc) is 3.12. The Hall–Kier alpha value is -1.22. The van der Waals surface area contributed by atoms with Crippen LogP contribution in [0.3, 0.4) is 0 Å². The zero-order chi connectivity index (χ0) is 38.9. The third-order valence-corrected chi connectivity index (χ3v) is 11.5. The van der Waals surface area contributed by atoms with Gasteiger partial charge in [-0.25, -0.2) is 0 Å². The molecule has 4 unspecified atom stereocenters. The largest absolute Gasteiger partial charge is 0.464 e. The van der Waals surface area contributed by atoms with Gasteiger partial charge in [-0.1, -0.05) is 144 Å². The van der Waals surface area contributed by atoms with Gasteiger partial charge in [-0.2, -0.15) is 0 Å². The van der Waals surface area contributed by atoms with Crippen molar-refractivity contribution in [3.63, 3.8) is 0 Å². The van der Waals surface area contributed by atoms with E-state index >= 15 is 0 Å². The van der Waals surface area contributed by atoms with E-state index in [4.69, 9.17) is 9.47 Å². The molecular weight excluding hydrogens is 663 g/mol. The highest BCUT2D eigenvalue weighted by molar-refractivity contribution is 5.78. The molecule has 8 heteroatoms. The maximum absolute atomic E-state index is 13.4. The standard InChI is InChI=1S/C45H89N3O5/c1-7-9-15-21-40(3)37-42(5)23-17-12-11-13-20-34-52-35-31-48(44(50)39-47-28-26-46(27-29-47)30-33-49)32-36-53-45(51)25-19-14-18-24-43(6)38-41(4)22-16-10-8-2/h40-43,49H,7-39H2,1-6H3. The van der Waals surface area contributed by atoms with Crippen molar-refractivity contribution in [2.24, 2.45) is 23.7 Å². The van der Waals surface area contributed by atoms with Crippen LogP contribution >= 0.6 is 0 Å². The van der Waals surface area contributed by atoms with Crippen LogP contribution in [0.15, 0.2) is 0 Å². The van der Waals surface area contributed by atoms with Gasteiger partial charge in [-0.3, -0.25) is 19.4 Å². The summed E-state index contributed by atoms with van der Waals surface area (Å²) in [5.74, 6) is 3.17. The number of ether oxygens (including phenoxy) is 2. The van der Waals surface area contributed by atoms with E-state index in [1.165, 1.54) is 109 Å². The van der Waals surface area contributed by atoms with Gasteiger partial charge in [0.15, 0.2) is 0 Å². The van der Waals surface area contributed by atoms with Crippen molar-refractivity contribution >= 4 is 11.9 Å². The van der Waals surface area contributed by atoms with Crippen molar-refractivity contribution < 1.29 is 24.2 Å². The summed E-state index contributed by atoms with van der Waals surface area (Å²) in [7, 11) is 0. The maximum atomic E-state index is 13.4. The van der Waals surface area contributed by atoms with Crippen molar-refractivity contribution in [3.8, 4) is 0 Å². The summed E-state index contributed by atoms with van der Waals surface area (Å²) in [6, 6.07) is 0. The molecule has 1 saturated heterocycles. The highest BCUT2D eigenvalue weighted by Gasteiger charge is 2.22. The highest BCUT2D eigenvalue weighted by Crippen LogP contribution is 2.24. The zero-order valence-electron chi connectivity index (χ0n) is 36.1. The topological polar surface area (TPSA) is 82.6 Å². The normalized spacial score (nSPS) is 16.4. The molecule has 1 fully saturated rings. The fourth-order valence-corrected chi connectivity index (χ4v) is 8.08. The van der Waals surface area contributed by atoms with Gasteiger partial charge >= 0.3 is 5.97 Å². The second-order valence-electron chi connectivity index (χ2n) is 17.1. The van der Waals surface area contributed by atoms with Crippen molar-refractivity contribution in [2.75, 3.05) is 78.8 Å². The minimum atomic E-state index is -0.155. The van der Waals surface area contributed by atoms with E-state index in [2.05, 4.69) is 51.3 Å². The molecule has 53 heavy (non-hydrogen) atoms. The summed E-state index contributed by atoms with van der Waals surface area (Å²) in [5, 5.41) is 9.26. The van der Waals surface area contributed by atoms with Crippen molar-refractivity contribution in [1.82, 2.24) is 14.7 Å². The van der Waals surface area contributed by atoms with Crippen LogP contribution in [-0.2, 0) is 19.1 Å². The SMILES string of the molecule is CCCCCC(C)CC(C)CCCCCCCOCCN(CCOC(=O)CCCCCC(C)CC(C)CCCCC)C(=O)CN1CCN(CCO)CC1. The lowest BCUT2D eigenvalue weighted by Crippen LogP contribution is -2.51. The molecule has 1 aliphatic rings. The van der Waals surface area contributed by atoms with Crippen molar-refractivity contribution in [1.29, 1.82) is 0 Å². The van der Waals surface area contributed by atoms with Crippen LogP contribution in [0, 0.1) is 23.7 Å². The summed E-state index contributed by atoms with van der Waals surface area (Å²) in [6.45, 7) is 21.2. The number of piperazine rings is 1. The van der Waals surface area contributed by atoms with Gasteiger partial charge in [0, 0.05) is 52.3 Å². The second kappa shape index (κ2) is 34.1. The van der Waals surface area contributed by atoms with Crippen LogP contribution in [0.25, 0.3) is 0 Å². The number of carbonyl (C=O) groups is 2. The number of rotatable bonds is 36. The summed E-state index contributed by atoms with van der Waals surface area (Å²) in [6.07, 6.45) is 25.8. The van der Waals surface area contributed by atoms with E-state index in [1.54, 1.807) is 0 Å². The lowest BCUT2D eigenvalue weighted by atomic mass is 9.89. The number of aliphatic hydroxyl groups excluding tert-OH is 1. The lowest BCUT2D eigenvalue weighted by molar-refractivity contribution is -0.146. The molecule has 1 amide bonds. The molecule has 0 aromatic heterocycles. The Balaban J connectivity index is 2.31. The fraction of sp³-hybridized carbons (Fsp3) is 0.956. The van der Waals surface area contributed by atoms with E-state index < -0.39 is 0 Å². The molecule has 0 radical (unpaired) electrons. The molecule has 0 spiro atoms. The van der Waals surface area contributed by atoms with Gasteiger partial charge in [0.2, 0.25) is 5.91 Å². The number of β-amino-alcohol motifs (C(OH)–C–C–N with tert-alkyl or cyclic N) is 1. The molecule has 0 bridgehead atoms. The minimum Gasteiger partial charge on any atom is -0.464 e. The van der Waals surface area contributed by atoms with E-state index in [1.807, 2.05) is 4.90 Å². The van der Waals surface area contributed by atoms with Crippen LogP contribution in [0.4, 0.5) is 0 Å². The molecule has 0 aromatic carbocycles. The van der Waals surface area contributed by atoms with Gasteiger partial charge in [0.05, 0.1) is 26.3 Å². The Labute approximate surface area is 328 Å². The Morgan fingerprint density at radius 1 is 0.604 bits per heavy atom. The number of aliphatic hydroxyl groups is 1. The van der Waals surface area contributed by atoms with Crippen LogP contribution in [0.1, 0.15) is 176 Å². The summed E-state index contributed by atoms with van der Waals surface area (Å²) in [4.78, 5) is 32.2. The van der Waals surface area contributed by atoms with Crippen molar-refractivity contribution in [2.45, 2.75) is 176 Å². The monoisotopic (exact) mass is 752 g/mol. The molecule has 4 atom stereocenters. The molecule has 8 nitrogen and oxygen atoms in total. The Kier molecular flexibility index (Phi) is 32.0. The minimum absolute atomic E-state index is 0.0682. The molecule has 314 valence electrons. The first-order chi connectivity index (χ1) is 25.7. The third kappa shape index (κ3) is 28.8. The first-order valence-corrected chi connectivity index (χ1v) is 22.7. The number of unbranched alkanes of at least 4 members (excludes halogenated alkanes) is 10. The average molecular weight is 752 g/mol. The Morgan fingerprint density at radius 3 is 1.62 bits per heavy atom. The van der Waals surface area contributed by atoms with Crippen LogP contribution in [-0.4, -0.2) is 110 Å². The molecular formula is C45H89N3O5. The molecule has 0 saturated carbocycles. The van der Waals surface area contributed by atoms with E-state index in [0.717, 1.165) is 75.7 Å². The Bertz CT molecular complexity index is 852. The number of hydrogen-bond donors (Lipinski definition) is 1. The third-order valence-electron chi connectivity index (χ3n) is 11.5. The quantitative estimate of drug-likeness (QED) is 0.0504. The molecule has 1 heterocycles. The molecule has 1 N–H and O–H groups in total. The van der Waals surface area contributed by atoms with Crippen molar-refractivity contribution in [3.05, 3.63) is 0 Å². The summed E-state index contributed by atoms with van der Waals surface area (Å²) >= 11 is 0. The number of hydrogen-bond acceptors (Lipinski definition) is 7. The summed E-state index contributed by atoms with van der Waals surface area (Å²) in [5.41, 5.74) is 0. The Morgan fingerprint density at radius 2 is 1.08 bits per heavy atom. The lowest BCUT2D eigenvalue weighted by Gasteiger charge is -2.35. The number of nitrogens with zero attached hydrogens (tertiary/aromatic N) is 3. The first kappa shape index (κ1) is 49.8. The van der Waals surface area contributed by atoms with E-state index in [9.17, 15) is 14.7 Å². The summed E-state index contributed by atoms with van der Waals surface area (Å²) < 4.78 is 11.6. The molecule has 0 aliphatic carbocycles. The number of esters is 1. The van der Waals surface area contributed by atoms with E-state index in [-0.39, 0.29) is 25.1 Å². The fourth-order valence-electron chi connectivity index (χ4n) is 8.08. The smallest absolute Gasteiger partial charge is 0.305 e. The van der Waals surface area contributed by atoms with Gasteiger partial charge in [-0.15, -0.1) is 0 Å². The van der Waals surface area contributed by atoms with Crippen LogP contribution in [0.5, 0.6) is 0 Å². The second-order valence-corrected chi connectivity index (χ2v) is 17.1. The molecule has 0 aromatic rings. The van der Waals surface area contributed by atoms with Gasteiger partial charge in [0.25, 0.3) is 0 Å². The zero-order valence-corrected chi connectivity index (χ0v) is 36.1. The van der Waals surface area contributed by atoms with Crippen LogP contribution in [0.2, 0.25) is 0 Å². The van der Waals surface area contributed by atoms with Gasteiger partial charge in [-0.05, 0) is 49.4 Å². The van der Waals surface area contributed by atoms with E-state index in [0.29, 0.717) is 39.2 Å². The number of carbonyl (C=O) groups excluding carboxylic acids is 2.